The third-order valence-electron chi connectivity index (χ3n) is 12.5. The summed E-state index contributed by atoms with van der Waals surface area (Å²) in [5.74, 6) is -0.356. The number of hydrogen-bond acceptors (Lipinski definition) is 6. The molecule has 68 heavy (non-hydrogen) atoms. The van der Waals surface area contributed by atoms with E-state index in [1.807, 2.05) is 0 Å². The second kappa shape index (κ2) is 26.8. The van der Waals surface area contributed by atoms with Crippen molar-refractivity contribution in [3.05, 3.63) is 70.8 Å². The third kappa shape index (κ3) is 17.8. The number of rotatable bonds is 30. The van der Waals surface area contributed by atoms with Crippen molar-refractivity contribution in [2.24, 2.45) is 0 Å². The molecule has 2 rings (SSSR count). The number of carbonyl (C=O) groups is 1. The molecule has 2 aromatic carbocycles. The molecule has 0 aromatic heterocycles. The van der Waals surface area contributed by atoms with Crippen molar-refractivity contribution in [3.63, 3.8) is 0 Å². The number of alkyl halides is 12. The van der Waals surface area contributed by atoms with Crippen LogP contribution in [-0.2, 0) is 30.9 Å². The summed E-state index contributed by atoms with van der Waals surface area (Å²) in [6.45, 7) is 5.91. The summed E-state index contributed by atoms with van der Waals surface area (Å²) in [5, 5.41) is 8.64. The highest BCUT2D eigenvalue weighted by atomic mass is 32.3. The Morgan fingerprint density at radius 3 is 1.24 bits per heavy atom. The molecule has 0 heterocycles. The zero-order chi connectivity index (χ0) is 51.6. The van der Waals surface area contributed by atoms with Gasteiger partial charge in [-0.25, -0.2) is 4.79 Å². The minimum atomic E-state index is -6.09. The van der Waals surface area contributed by atoms with E-state index in [0.717, 1.165) is 108 Å². The SMILES string of the molecule is CCC(CCCCCCCCCCC(CCCCCCCCCCC(C)c1ccc(C(O)(C(F)(F)F)C(F)(F)F)cc1)c1ccc(C(OC(=O)OC(C)C)(C(F)(F)F)C(F)(F)F)cc1)S(=O)(=O)F. The van der Waals surface area contributed by atoms with Gasteiger partial charge in [0.25, 0.3) is 5.60 Å². The number of ether oxygens (including phenoxy) is 2. The molecule has 0 bridgehead atoms. The van der Waals surface area contributed by atoms with Gasteiger partial charge in [0.2, 0.25) is 0 Å². The Kier molecular flexibility index (Phi) is 24.0. The molecule has 0 aliphatic heterocycles. The molecule has 3 atom stereocenters. The van der Waals surface area contributed by atoms with Crippen molar-refractivity contribution in [2.75, 3.05) is 0 Å². The lowest BCUT2D eigenvalue weighted by molar-refractivity contribution is -0.377. The lowest BCUT2D eigenvalue weighted by Gasteiger charge is -2.36. The van der Waals surface area contributed by atoms with E-state index in [9.17, 15) is 74.9 Å². The first-order valence-electron chi connectivity index (χ1n) is 23.5. The van der Waals surface area contributed by atoms with Crippen molar-refractivity contribution >= 4 is 16.4 Å². The summed E-state index contributed by atoms with van der Waals surface area (Å²) >= 11 is 0. The van der Waals surface area contributed by atoms with Crippen LogP contribution < -0.4 is 0 Å². The molecule has 0 saturated carbocycles. The molecule has 6 nitrogen and oxygen atoms in total. The smallest absolute Gasteiger partial charge is 0.432 e. The molecule has 0 saturated heterocycles. The summed E-state index contributed by atoms with van der Waals surface area (Å²) in [6.07, 6.45) is -11.9. The fourth-order valence-electron chi connectivity index (χ4n) is 8.45. The van der Waals surface area contributed by atoms with Crippen LogP contribution in [0.25, 0.3) is 0 Å². The zero-order valence-electron chi connectivity index (χ0n) is 39.1. The normalized spacial score (nSPS) is 14.8. The van der Waals surface area contributed by atoms with Crippen LogP contribution in [0.4, 0.5) is 61.4 Å². The molecule has 1 N–H and O–H groups in total. The van der Waals surface area contributed by atoms with Crippen LogP contribution in [0.2, 0.25) is 0 Å². The highest BCUT2D eigenvalue weighted by Gasteiger charge is 2.76. The number of halogens is 13. The quantitative estimate of drug-likeness (QED) is 0.0363. The third-order valence-corrected chi connectivity index (χ3v) is 13.9. The molecule has 0 radical (unpaired) electrons. The Morgan fingerprint density at radius 1 is 0.529 bits per heavy atom. The Morgan fingerprint density at radius 2 is 0.882 bits per heavy atom. The van der Waals surface area contributed by atoms with Gasteiger partial charge in [0.1, 0.15) is 0 Å². The van der Waals surface area contributed by atoms with E-state index in [1.165, 1.54) is 26.0 Å². The molecule has 0 amide bonds. The number of hydrogen-bond donors (Lipinski definition) is 1. The highest BCUT2D eigenvalue weighted by molar-refractivity contribution is 7.87. The first-order chi connectivity index (χ1) is 31.4. The van der Waals surface area contributed by atoms with Crippen LogP contribution >= 0.6 is 0 Å². The zero-order valence-corrected chi connectivity index (χ0v) is 39.9. The molecule has 0 aliphatic rings. The molecule has 0 fully saturated rings. The number of unbranched alkanes of at least 4 members (excludes halogenated alkanes) is 14. The van der Waals surface area contributed by atoms with E-state index >= 15 is 0 Å². The summed E-state index contributed by atoms with van der Waals surface area (Å²) in [5.41, 5.74) is -11.5. The second-order valence-electron chi connectivity index (χ2n) is 18.1. The summed E-state index contributed by atoms with van der Waals surface area (Å²) in [4.78, 5) is 12.1. The second-order valence-corrected chi connectivity index (χ2v) is 19.7. The van der Waals surface area contributed by atoms with Crippen molar-refractivity contribution in [1.82, 2.24) is 0 Å². The summed E-state index contributed by atoms with van der Waals surface area (Å²) < 4.78 is 210. The van der Waals surface area contributed by atoms with E-state index in [4.69, 9.17) is 0 Å². The summed E-state index contributed by atoms with van der Waals surface area (Å²) in [7, 11) is -4.57. The minimum absolute atomic E-state index is 0.160. The molecular formula is C48H67F13O6S. The van der Waals surface area contributed by atoms with Gasteiger partial charge >= 0.3 is 46.7 Å². The van der Waals surface area contributed by atoms with Crippen LogP contribution in [0.1, 0.15) is 197 Å². The van der Waals surface area contributed by atoms with Crippen LogP contribution in [0.5, 0.6) is 0 Å². The van der Waals surface area contributed by atoms with Crippen LogP contribution in [0, 0.1) is 0 Å². The Bertz CT molecular complexity index is 1830. The predicted molar refractivity (Wildman–Crippen MR) is 233 cm³/mol. The van der Waals surface area contributed by atoms with Crippen LogP contribution in [0.3, 0.4) is 0 Å². The van der Waals surface area contributed by atoms with E-state index in [0.29, 0.717) is 61.1 Å². The number of aliphatic hydroxyl groups is 1. The van der Waals surface area contributed by atoms with E-state index in [1.54, 1.807) is 13.8 Å². The van der Waals surface area contributed by atoms with E-state index < -0.39 is 74.8 Å². The van der Waals surface area contributed by atoms with Gasteiger partial charge in [-0.15, -0.1) is 3.89 Å². The lowest BCUT2D eigenvalue weighted by atomic mass is 9.85. The Balaban J connectivity index is 1.98. The number of benzene rings is 2. The maximum atomic E-state index is 14.4. The van der Waals surface area contributed by atoms with Gasteiger partial charge in [-0.3, -0.25) is 0 Å². The highest BCUT2D eigenvalue weighted by Crippen LogP contribution is 2.54. The Labute approximate surface area is 392 Å². The van der Waals surface area contributed by atoms with Crippen LogP contribution in [0.15, 0.2) is 48.5 Å². The maximum absolute atomic E-state index is 14.4. The van der Waals surface area contributed by atoms with Gasteiger partial charge in [-0.1, -0.05) is 165 Å². The minimum Gasteiger partial charge on any atom is -0.432 e. The summed E-state index contributed by atoms with van der Waals surface area (Å²) in [6, 6.07) is 7.38. The van der Waals surface area contributed by atoms with Crippen LogP contribution in [-0.4, -0.2) is 55.7 Å². The molecular weight excluding hydrogens is 952 g/mol. The van der Waals surface area contributed by atoms with Gasteiger partial charge in [0, 0.05) is 11.1 Å². The maximum Gasteiger partial charge on any atom is 0.510 e. The molecule has 0 aliphatic carbocycles. The largest absolute Gasteiger partial charge is 0.510 e. The van der Waals surface area contributed by atoms with E-state index in [-0.39, 0.29) is 24.7 Å². The van der Waals surface area contributed by atoms with Gasteiger partial charge in [0.15, 0.2) is 0 Å². The van der Waals surface area contributed by atoms with Crippen molar-refractivity contribution in [3.8, 4) is 0 Å². The molecule has 2 aromatic rings. The molecule has 20 heteroatoms. The average molecular weight is 1020 g/mol. The molecule has 0 spiro atoms. The van der Waals surface area contributed by atoms with Gasteiger partial charge in [-0.2, -0.15) is 61.1 Å². The van der Waals surface area contributed by atoms with Gasteiger partial charge in [0.05, 0.1) is 11.4 Å². The number of carbonyl (C=O) groups excluding carboxylic acids is 1. The first kappa shape index (κ1) is 60.8. The fourth-order valence-corrected chi connectivity index (χ4v) is 9.30. The van der Waals surface area contributed by atoms with E-state index in [2.05, 4.69) is 9.47 Å². The van der Waals surface area contributed by atoms with Gasteiger partial charge < -0.3 is 14.6 Å². The average Bonchev–Trinajstić information content (AvgIpc) is 3.22. The van der Waals surface area contributed by atoms with Crippen molar-refractivity contribution in [2.45, 2.75) is 222 Å². The monoisotopic (exact) mass is 1020 g/mol. The van der Waals surface area contributed by atoms with Gasteiger partial charge in [-0.05, 0) is 68.9 Å². The predicted octanol–water partition coefficient (Wildman–Crippen LogP) is 16.6. The molecule has 3 unspecified atom stereocenters. The van der Waals surface area contributed by atoms with Crippen molar-refractivity contribution in [1.29, 1.82) is 0 Å². The Hall–Kier alpha value is -3.29. The molecule has 392 valence electrons. The topological polar surface area (TPSA) is 89.9 Å². The standard InChI is InChI=1S/C48H67F13O6S/c1-5-41(68(61,64)65)25-21-17-13-9-8-12-16-20-24-37(38-28-32-40(33-29-38)44(47(55,56)57,48(58,59)60)67-42(62)66-34(2)3)23-19-15-11-7-6-10-14-18-22-35(4)36-26-30-39(31-27-36)43(63,45(49,50)51)46(52,53)54/h26-35,37,41,63H,5-25H2,1-4H3. The lowest BCUT2D eigenvalue weighted by Crippen LogP contribution is -2.57. The first-order valence-corrected chi connectivity index (χ1v) is 24.9. The fraction of sp³-hybridized carbons (Fsp3) is 0.729. The van der Waals surface area contributed by atoms with Crippen molar-refractivity contribution < 1.29 is 84.4 Å².